The first-order valence-electron chi connectivity index (χ1n) is 10.3. The number of rotatable bonds is 6. The molecule has 2 unspecified atom stereocenters. The average molecular weight is 415 g/mol. The predicted octanol–water partition coefficient (Wildman–Crippen LogP) is 4.24. The van der Waals surface area contributed by atoms with E-state index in [4.69, 9.17) is 18.9 Å². The fourth-order valence-corrected chi connectivity index (χ4v) is 3.18. The number of hydrogen-bond acceptors (Lipinski definition) is 6. The molecule has 0 aliphatic carbocycles. The Balaban J connectivity index is 1.83. The zero-order chi connectivity index (χ0) is 21.6. The molecule has 3 rings (SSSR count). The molecule has 0 radical (unpaired) electrons. The average Bonchev–Trinajstić information content (AvgIpc) is 2.73. The molecular weight excluding hydrogens is 384 g/mol. The Morgan fingerprint density at radius 3 is 2.60 bits per heavy atom. The minimum Gasteiger partial charge on any atom is -0.490 e. The molecule has 30 heavy (non-hydrogen) atoms. The Bertz CT molecular complexity index is 822. The minimum atomic E-state index is -0.557. The van der Waals surface area contributed by atoms with Gasteiger partial charge in [0, 0.05) is 12.7 Å². The SMILES string of the molecule is CCOc1ccccc1OC(c1ccccn1)C1CN(C(=O)OC(C)(C)C)CCO1. The molecule has 1 aromatic heterocycles. The van der Waals surface area contributed by atoms with Gasteiger partial charge in [0.1, 0.15) is 11.7 Å². The molecule has 0 N–H and O–H groups in total. The number of aromatic nitrogens is 1. The van der Waals surface area contributed by atoms with E-state index in [2.05, 4.69) is 4.98 Å². The maximum Gasteiger partial charge on any atom is 0.410 e. The molecule has 2 aromatic rings. The second-order valence-electron chi connectivity index (χ2n) is 8.01. The summed E-state index contributed by atoms with van der Waals surface area (Å²) in [5.41, 5.74) is 0.165. The van der Waals surface area contributed by atoms with Crippen molar-refractivity contribution in [2.24, 2.45) is 0 Å². The van der Waals surface area contributed by atoms with Crippen molar-refractivity contribution in [1.82, 2.24) is 9.88 Å². The van der Waals surface area contributed by atoms with E-state index in [1.54, 1.807) is 11.1 Å². The standard InChI is InChI=1S/C23H30N2O5/c1-5-27-18-11-6-7-12-19(18)29-21(17-10-8-9-13-24-17)20-16-25(14-15-28-20)22(26)30-23(2,3)4/h6-13,20-21H,5,14-16H2,1-4H3. The number of pyridine rings is 1. The van der Waals surface area contributed by atoms with Gasteiger partial charge in [0.25, 0.3) is 0 Å². The third-order valence-corrected chi connectivity index (χ3v) is 4.47. The third kappa shape index (κ3) is 5.86. The number of carbonyl (C=O) groups is 1. The molecule has 1 aromatic carbocycles. The molecule has 1 fully saturated rings. The van der Waals surface area contributed by atoms with Gasteiger partial charge in [-0.05, 0) is 52.0 Å². The number of carbonyl (C=O) groups excluding carboxylic acids is 1. The quantitative estimate of drug-likeness (QED) is 0.704. The molecule has 1 aliphatic rings. The lowest BCUT2D eigenvalue weighted by atomic mass is 10.1. The smallest absolute Gasteiger partial charge is 0.410 e. The van der Waals surface area contributed by atoms with Crippen LogP contribution >= 0.6 is 0 Å². The Kier molecular flexibility index (Phi) is 7.15. The van der Waals surface area contributed by atoms with Crippen molar-refractivity contribution in [2.75, 3.05) is 26.3 Å². The van der Waals surface area contributed by atoms with Gasteiger partial charge < -0.3 is 23.8 Å². The van der Waals surface area contributed by atoms with E-state index >= 15 is 0 Å². The summed E-state index contributed by atoms with van der Waals surface area (Å²) in [7, 11) is 0. The molecule has 0 saturated carbocycles. The topological polar surface area (TPSA) is 70.1 Å². The number of nitrogens with zero attached hydrogens (tertiary/aromatic N) is 2. The lowest BCUT2D eigenvalue weighted by Gasteiger charge is -2.37. The van der Waals surface area contributed by atoms with Crippen molar-refractivity contribution in [3.63, 3.8) is 0 Å². The van der Waals surface area contributed by atoms with Crippen molar-refractivity contribution >= 4 is 6.09 Å². The molecule has 162 valence electrons. The molecular formula is C23H30N2O5. The number of amides is 1. The van der Waals surface area contributed by atoms with Crippen molar-refractivity contribution in [3.8, 4) is 11.5 Å². The van der Waals surface area contributed by atoms with Crippen LogP contribution in [0.25, 0.3) is 0 Å². The van der Waals surface area contributed by atoms with Crippen LogP contribution in [-0.2, 0) is 9.47 Å². The van der Waals surface area contributed by atoms with Gasteiger partial charge >= 0.3 is 6.09 Å². The summed E-state index contributed by atoms with van der Waals surface area (Å²) in [6.07, 6.45) is 0.438. The molecule has 7 heteroatoms. The first-order valence-corrected chi connectivity index (χ1v) is 10.3. The highest BCUT2D eigenvalue weighted by molar-refractivity contribution is 5.68. The summed E-state index contributed by atoms with van der Waals surface area (Å²) in [5, 5.41) is 0. The number of ether oxygens (including phenoxy) is 4. The second kappa shape index (κ2) is 9.80. The van der Waals surface area contributed by atoms with Crippen LogP contribution < -0.4 is 9.47 Å². The maximum atomic E-state index is 12.6. The van der Waals surface area contributed by atoms with Gasteiger partial charge in [0.05, 0.1) is 25.5 Å². The zero-order valence-corrected chi connectivity index (χ0v) is 18.0. The number of benzene rings is 1. The van der Waals surface area contributed by atoms with E-state index in [-0.39, 0.29) is 6.09 Å². The monoisotopic (exact) mass is 414 g/mol. The molecule has 7 nitrogen and oxygen atoms in total. The van der Waals surface area contributed by atoms with Gasteiger partial charge in [-0.25, -0.2) is 4.79 Å². The first kappa shape index (κ1) is 21.9. The summed E-state index contributed by atoms with van der Waals surface area (Å²) in [4.78, 5) is 18.7. The van der Waals surface area contributed by atoms with Crippen LogP contribution in [0.3, 0.4) is 0 Å². The number of hydrogen-bond donors (Lipinski definition) is 0. The zero-order valence-electron chi connectivity index (χ0n) is 18.0. The van der Waals surface area contributed by atoms with Gasteiger partial charge in [-0.1, -0.05) is 18.2 Å². The summed E-state index contributed by atoms with van der Waals surface area (Å²) < 4.78 is 23.6. The van der Waals surface area contributed by atoms with Gasteiger partial charge in [-0.3, -0.25) is 4.98 Å². The molecule has 1 amide bonds. The van der Waals surface area contributed by atoms with E-state index < -0.39 is 17.8 Å². The van der Waals surface area contributed by atoms with E-state index in [0.29, 0.717) is 37.8 Å². The van der Waals surface area contributed by atoms with Crippen LogP contribution in [0.2, 0.25) is 0 Å². The summed E-state index contributed by atoms with van der Waals surface area (Å²) in [6, 6.07) is 13.2. The number of para-hydroxylation sites is 2. The summed E-state index contributed by atoms with van der Waals surface area (Å²) in [6.45, 7) is 9.22. The lowest BCUT2D eigenvalue weighted by molar-refractivity contribution is -0.0850. The minimum absolute atomic E-state index is 0.340. The Hall–Kier alpha value is -2.80. The molecule has 2 heterocycles. The van der Waals surface area contributed by atoms with Crippen LogP contribution in [0.1, 0.15) is 39.5 Å². The third-order valence-electron chi connectivity index (χ3n) is 4.47. The van der Waals surface area contributed by atoms with Crippen molar-refractivity contribution in [1.29, 1.82) is 0 Å². The van der Waals surface area contributed by atoms with Crippen LogP contribution in [0.5, 0.6) is 11.5 Å². The van der Waals surface area contributed by atoms with Crippen molar-refractivity contribution in [3.05, 3.63) is 54.4 Å². The van der Waals surface area contributed by atoms with Crippen LogP contribution in [0.4, 0.5) is 4.79 Å². The van der Waals surface area contributed by atoms with E-state index in [9.17, 15) is 4.79 Å². The van der Waals surface area contributed by atoms with Crippen LogP contribution in [-0.4, -0.2) is 54.0 Å². The van der Waals surface area contributed by atoms with Crippen molar-refractivity contribution < 1.29 is 23.7 Å². The Morgan fingerprint density at radius 2 is 1.93 bits per heavy atom. The molecule has 0 bridgehead atoms. The molecule has 1 saturated heterocycles. The van der Waals surface area contributed by atoms with E-state index in [0.717, 1.165) is 5.69 Å². The predicted molar refractivity (Wildman–Crippen MR) is 113 cm³/mol. The van der Waals surface area contributed by atoms with Gasteiger partial charge in [0.15, 0.2) is 17.6 Å². The van der Waals surface area contributed by atoms with Crippen molar-refractivity contribution in [2.45, 2.75) is 45.5 Å². The molecule has 0 spiro atoms. The van der Waals surface area contributed by atoms with E-state index in [1.165, 1.54) is 0 Å². The van der Waals surface area contributed by atoms with Gasteiger partial charge in [-0.15, -0.1) is 0 Å². The highest BCUT2D eigenvalue weighted by Gasteiger charge is 2.35. The Morgan fingerprint density at radius 1 is 1.20 bits per heavy atom. The highest BCUT2D eigenvalue weighted by Crippen LogP contribution is 2.33. The molecule has 2 atom stereocenters. The lowest BCUT2D eigenvalue weighted by Crippen LogP contribution is -2.50. The summed E-state index contributed by atoms with van der Waals surface area (Å²) >= 11 is 0. The van der Waals surface area contributed by atoms with Crippen LogP contribution in [0, 0.1) is 0 Å². The van der Waals surface area contributed by atoms with Crippen LogP contribution in [0.15, 0.2) is 48.7 Å². The second-order valence-corrected chi connectivity index (χ2v) is 8.01. The normalized spacial score (nSPS) is 17.9. The summed E-state index contributed by atoms with van der Waals surface area (Å²) in [5.74, 6) is 1.26. The highest BCUT2D eigenvalue weighted by atomic mass is 16.6. The molecule has 1 aliphatic heterocycles. The fraction of sp³-hybridized carbons (Fsp3) is 0.478. The van der Waals surface area contributed by atoms with E-state index in [1.807, 2.05) is 70.2 Å². The number of morpholine rings is 1. The maximum absolute atomic E-state index is 12.6. The van der Waals surface area contributed by atoms with Gasteiger partial charge in [0.2, 0.25) is 0 Å². The Labute approximate surface area is 177 Å². The largest absolute Gasteiger partial charge is 0.490 e. The fourth-order valence-electron chi connectivity index (χ4n) is 3.18. The first-order chi connectivity index (χ1) is 14.4. The van der Waals surface area contributed by atoms with Gasteiger partial charge in [-0.2, -0.15) is 0 Å².